The van der Waals surface area contributed by atoms with Crippen LogP contribution in [0.2, 0.25) is 0 Å². The molecule has 0 fully saturated rings. The summed E-state index contributed by atoms with van der Waals surface area (Å²) < 4.78 is 10.4. The summed E-state index contributed by atoms with van der Waals surface area (Å²) in [5.74, 6) is -0.526. The van der Waals surface area contributed by atoms with Crippen LogP contribution in [-0.4, -0.2) is 24.3 Å². The summed E-state index contributed by atoms with van der Waals surface area (Å²) in [5, 5.41) is 9.43. The van der Waals surface area contributed by atoms with Crippen molar-refractivity contribution >= 4 is 5.97 Å². The molecular weight excluding hydrogens is 208 g/mol. The maximum atomic E-state index is 11.9. The maximum absolute atomic E-state index is 11.9. The number of aliphatic hydroxyl groups is 1. The molecule has 1 atom stereocenters. The molecule has 1 aliphatic heterocycles. The molecule has 1 heterocycles. The van der Waals surface area contributed by atoms with Crippen LogP contribution in [0.1, 0.15) is 18.1 Å². The van der Waals surface area contributed by atoms with Gasteiger partial charge in [0, 0.05) is 5.56 Å². The molecule has 0 bridgehead atoms. The van der Waals surface area contributed by atoms with Gasteiger partial charge in [-0.3, -0.25) is 0 Å². The molecule has 1 aromatic carbocycles. The molecule has 1 unspecified atom stereocenters. The van der Waals surface area contributed by atoms with Crippen molar-refractivity contribution in [1.29, 1.82) is 0 Å². The van der Waals surface area contributed by atoms with E-state index in [4.69, 9.17) is 9.47 Å². The van der Waals surface area contributed by atoms with Gasteiger partial charge >= 0.3 is 5.97 Å². The number of benzene rings is 1. The molecule has 4 heteroatoms. The third kappa shape index (κ3) is 1.50. The number of aliphatic hydroxyl groups excluding tert-OH is 1. The average Bonchev–Trinajstić information content (AvgIpc) is 2.69. The van der Waals surface area contributed by atoms with Gasteiger partial charge in [0.2, 0.25) is 5.60 Å². The molecule has 4 nitrogen and oxygen atoms in total. The van der Waals surface area contributed by atoms with Crippen LogP contribution in [0.4, 0.5) is 0 Å². The molecule has 0 saturated carbocycles. The van der Waals surface area contributed by atoms with E-state index < -0.39 is 18.2 Å². The van der Waals surface area contributed by atoms with E-state index in [0.717, 1.165) is 5.56 Å². The van der Waals surface area contributed by atoms with Gasteiger partial charge in [0.1, 0.15) is 0 Å². The van der Waals surface area contributed by atoms with E-state index in [1.807, 2.05) is 18.2 Å². The number of hydrogen-bond donors (Lipinski definition) is 1. The van der Waals surface area contributed by atoms with E-state index in [0.29, 0.717) is 12.2 Å². The molecule has 0 aromatic heterocycles. The van der Waals surface area contributed by atoms with Gasteiger partial charge in [-0.2, -0.15) is 0 Å². The minimum absolute atomic E-state index is 0.270. The molecule has 0 amide bonds. The zero-order valence-electron chi connectivity index (χ0n) is 9.10. The Labute approximate surface area is 93.8 Å². The van der Waals surface area contributed by atoms with Crippen molar-refractivity contribution in [3.05, 3.63) is 35.4 Å². The number of carbonyl (C=O) groups is 1. The number of carbonyl (C=O) groups excluding carboxylic acids is 1. The largest absolute Gasteiger partial charge is 0.464 e. The van der Waals surface area contributed by atoms with Gasteiger partial charge in [0.15, 0.2) is 0 Å². The number of esters is 1. The Bertz CT molecular complexity index is 402. The molecule has 2 rings (SSSR count). The van der Waals surface area contributed by atoms with Gasteiger partial charge < -0.3 is 14.6 Å². The van der Waals surface area contributed by atoms with Crippen LogP contribution in [0.25, 0.3) is 0 Å². The lowest BCUT2D eigenvalue weighted by atomic mass is 9.93. The van der Waals surface area contributed by atoms with Gasteiger partial charge in [-0.25, -0.2) is 4.79 Å². The Morgan fingerprint density at radius 3 is 3.00 bits per heavy atom. The Hall–Kier alpha value is -1.39. The van der Waals surface area contributed by atoms with E-state index in [9.17, 15) is 9.90 Å². The summed E-state index contributed by atoms with van der Waals surface area (Å²) in [7, 11) is 0. The summed E-state index contributed by atoms with van der Waals surface area (Å²) in [4.78, 5) is 11.9. The summed E-state index contributed by atoms with van der Waals surface area (Å²) in [5.41, 5.74) is 0.299. The highest BCUT2D eigenvalue weighted by Gasteiger charge is 2.47. The lowest BCUT2D eigenvalue weighted by Gasteiger charge is -2.24. The number of hydrogen-bond acceptors (Lipinski definition) is 4. The highest BCUT2D eigenvalue weighted by Crippen LogP contribution is 2.37. The first-order valence-corrected chi connectivity index (χ1v) is 5.25. The fraction of sp³-hybridized carbons (Fsp3) is 0.417. The molecule has 0 saturated heterocycles. The fourth-order valence-electron chi connectivity index (χ4n) is 1.93. The van der Waals surface area contributed by atoms with E-state index >= 15 is 0 Å². The standard InChI is InChI=1S/C12H14O4/c1-2-15-11(14)12(8-13)10-6-4-3-5-9(10)7-16-12/h3-6,13H,2,7-8H2,1H3. The first-order valence-electron chi connectivity index (χ1n) is 5.25. The van der Waals surface area contributed by atoms with Crippen LogP contribution in [0.5, 0.6) is 0 Å². The first-order chi connectivity index (χ1) is 7.74. The van der Waals surface area contributed by atoms with E-state index in [-0.39, 0.29) is 6.61 Å². The van der Waals surface area contributed by atoms with Crippen molar-refractivity contribution < 1.29 is 19.4 Å². The molecule has 16 heavy (non-hydrogen) atoms. The van der Waals surface area contributed by atoms with E-state index in [1.165, 1.54) is 0 Å². The average molecular weight is 222 g/mol. The van der Waals surface area contributed by atoms with Crippen LogP contribution in [-0.2, 0) is 26.5 Å². The highest BCUT2D eigenvalue weighted by atomic mass is 16.6. The number of fused-ring (bicyclic) bond motifs is 1. The van der Waals surface area contributed by atoms with Crippen LogP contribution in [0.15, 0.2) is 24.3 Å². The molecule has 0 spiro atoms. The molecule has 1 aliphatic rings. The number of ether oxygens (including phenoxy) is 2. The monoisotopic (exact) mass is 222 g/mol. The summed E-state index contributed by atoms with van der Waals surface area (Å²) >= 11 is 0. The SMILES string of the molecule is CCOC(=O)C1(CO)OCc2ccccc21. The van der Waals surface area contributed by atoms with Crippen molar-refractivity contribution in [2.24, 2.45) is 0 Å². The zero-order valence-corrected chi connectivity index (χ0v) is 9.10. The molecular formula is C12H14O4. The van der Waals surface area contributed by atoms with Crippen molar-refractivity contribution in [1.82, 2.24) is 0 Å². The topological polar surface area (TPSA) is 55.8 Å². The van der Waals surface area contributed by atoms with Crippen molar-refractivity contribution in [3.8, 4) is 0 Å². The first kappa shape index (κ1) is 11.1. The molecule has 0 aliphatic carbocycles. The molecule has 86 valence electrons. The van der Waals surface area contributed by atoms with Crippen LogP contribution in [0.3, 0.4) is 0 Å². The van der Waals surface area contributed by atoms with Crippen molar-refractivity contribution in [2.45, 2.75) is 19.1 Å². The second-order valence-corrected chi connectivity index (χ2v) is 3.65. The van der Waals surface area contributed by atoms with Crippen LogP contribution in [0, 0.1) is 0 Å². The van der Waals surface area contributed by atoms with Crippen molar-refractivity contribution in [2.75, 3.05) is 13.2 Å². The third-order valence-electron chi connectivity index (χ3n) is 2.75. The van der Waals surface area contributed by atoms with Crippen LogP contribution >= 0.6 is 0 Å². The van der Waals surface area contributed by atoms with Gasteiger partial charge in [-0.1, -0.05) is 24.3 Å². The quantitative estimate of drug-likeness (QED) is 0.774. The lowest BCUT2D eigenvalue weighted by Crippen LogP contribution is -2.40. The smallest absolute Gasteiger partial charge is 0.345 e. The minimum Gasteiger partial charge on any atom is -0.464 e. The maximum Gasteiger partial charge on any atom is 0.345 e. The van der Waals surface area contributed by atoms with Gasteiger partial charge in [-0.15, -0.1) is 0 Å². The predicted molar refractivity (Wildman–Crippen MR) is 56.6 cm³/mol. The van der Waals surface area contributed by atoms with Gasteiger partial charge in [-0.05, 0) is 12.5 Å². The number of rotatable bonds is 3. The summed E-state index contributed by atoms with van der Waals surface area (Å²) in [6.45, 7) is 1.92. The zero-order chi connectivity index (χ0) is 11.6. The lowest BCUT2D eigenvalue weighted by molar-refractivity contribution is -0.178. The Morgan fingerprint density at radius 2 is 2.31 bits per heavy atom. The highest BCUT2D eigenvalue weighted by molar-refractivity contribution is 5.83. The Balaban J connectivity index is 2.41. The summed E-state index contributed by atoms with van der Waals surface area (Å²) in [6, 6.07) is 7.36. The Morgan fingerprint density at radius 1 is 1.56 bits per heavy atom. The summed E-state index contributed by atoms with van der Waals surface area (Å²) in [6.07, 6.45) is 0. The molecule has 0 radical (unpaired) electrons. The fourth-order valence-corrected chi connectivity index (χ4v) is 1.93. The van der Waals surface area contributed by atoms with E-state index in [2.05, 4.69) is 0 Å². The third-order valence-corrected chi connectivity index (χ3v) is 2.75. The predicted octanol–water partition coefficient (Wildman–Crippen LogP) is 0.968. The van der Waals surface area contributed by atoms with Gasteiger partial charge in [0.05, 0.1) is 19.8 Å². The normalized spacial score (nSPS) is 22.9. The van der Waals surface area contributed by atoms with Gasteiger partial charge in [0.25, 0.3) is 0 Å². The van der Waals surface area contributed by atoms with Crippen LogP contribution < -0.4 is 0 Å². The second-order valence-electron chi connectivity index (χ2n) is 3.65. The van der Waals surface area contributed by atoms with Crippen molar-refractivity contribution in [3.63, 3.8) is 0 Å². The molecule has 1 N–H and O–H groups in total. The minimum atomic E-state index is -1.33. The molecule has 1 aromatic rings. The van der Waals surface area contributed by atoms with E-state index in [1.54, 1.807) is 13.0 Å². The second kappa shape index (κ2) is 4.23. The Kier molecular flexibility index (Phi) is 2.94.